The van der Waals surface area contributed by atoms with Gasteiger partial charge in [-0.3, -0.25) is 0 Å². The summed E-state index contributed by atoms with van der Waals surface area (Å²) in [7, 11) is 0. The summed E-state index contributed by atoms with van der Waals surface area (Å²) in [6.07, 6.45) is 0.569. The average molecular weight is 243 g/mol. The van der Waals surface area contributed by atoms with Gasteiger partial charge in [-0.15, -0.1) is 16.7 Å². The first kappa shape index (κ1) is 10.9. The predicted octanol–water partition coefficient (Wildman–Crippen LogP) is 1.76. The molecule has 0 amide bonds. The second kappa shape index (κ2) is 4.98. The Kier molecular flexibility index (Phi) is 3.40. The lowest BCUT2D eigenvalue weighted by Crippen LogP contribution is -1.99. The van der Waals surface area contributed by atoms with Crippen molar-refractivity contribution in [1.29, 1.82) is 0 Å². The van der Waals surface area contributed by atoms with Gasteiger partial charge in [-0.1, -0.05) is 10.3 Å². The molecule has 0 atom stereocenters. The van der Waals surface area contributed by atoms with Crippen LogP contribution < -0.4 is 5.32 Å². The number of nitrogens with zero attached hydrogens (tertiary/aromatic N) is 3. The van der Waals surface area contributed by atoms with E-state index in [0.29, 0.717) is 30.8 Å². The Hall–Kier alpha value is -1.56. The van der Waals surface area contributed by atoms with E-state index in [2.05, 4.69) is 20.7 Å². The average Bonchev–Trinajstić information content (AvgIpc) is 2.85. The Morgan fingerprint density at radius 2 is 2.31 bits per heavy atom. The van der Waals surface area contributed by atoms with Crippen molar-refractivity contribution in [3.63, 3.8) is 0 Å². The minimum Gasteiger partial charge on any atom is -0.408 e. The molecule has 2 heterocycles. The normalized spacial score (nSPS) is 10.6. The molecule has 0 aromatic carbocycles. The number of aryl methyl sites for hydroxylation is 2. The molecule has 86 valence electrons. The van der Waals surface area contributed by atoms with Gasteiger partial charge < -0.3 is 14.3 Å². The highest BCUT2D eigenvalue weighted by molar-refractivity contribution is 6.17. The third kappa shape index (κ3) is 2.73. The lowest BCUT2D eigenvalue weighted by atomic mass is 10.4. The molecule has 2 aromatic rings. The summed E-state index contributed by atoms with van der Waals surface area (Å²) in [5.74, 6) is 1.75. The first-order valence-electron chi connectivity index (χ1n) is 4.82. The third-order valence-electron chi connectivity index (χ3n) is 1.87. The monoisotopic (exact) mass is 242 g/mol. The highest BCUT2D eigenvalue weighted by atomic mass is 35.5. The van der Waals surface area contributed by atoms with Gasteiger partial charge in [0.2, 0.25) is 5.89 Å². The predicted molar refractivity (Wildman–Crippen MR) is 57.3 cm³/mol. The summed E-state index contributed by atoms with van der Waals surface area (Å²) < 4.78 is 10.2. The maximum atomic E-state index is 5.55. The highest BCUT2D eigenvalue weighted by Gasteiger charge is 2.06. The van der Waals surface area contributed by atoms with Gasteiger partial charge in [-0.05, 0) is 6.92 Å². The molecule has 0 aliphatic carbocycles. The fourth-order valence-electron chi connectivity index (χ4n) is 1.17. The Labute approximate surface area is 97.0 Å². The van der Waals surface area contributed by atoms with Crippen LogP contribution in [0.5, 0.6) is 0 Å². The maximum absolute atomic E-state index is 5.55. The molecule has 0 saturated heterocycles. The Morgan fingerprint density at radius 3 is 3.00 bits per heavy atom. The van der Waals surface area contributed by atoms with Gasteiger partial charge in [0.05, 0.1) is 6.54 Å². The van der Waals surface area contributed by atoms with Crippen LogP contribution in [0.25, 0.3) is 0 Å². The lowest BCUT2D eigenvalue weighted by Gasteiger charge is -1.95. The van der Waals surface area contributed by atoms with Gasteiger partial charge >= 0.3 is 6.01 Å². The molecule has 0 spiro atoms. The van der Waals surface area contributed by atoms with Crippen LogP contribution in [0.1, 0.15) is 17.3 Å². The van der Waals surface area contributed by atoms with Crippen LogP contribution in [-0.4, -0.2) is 21.2 Å². The Bertz CT molecular complexity index is 454. The zero-order chi connectivity index (χ0) is 11.4. The van der Waals surface area contributed by atoms with Crippen molar-refractivity contribution < 1.29 is 8.94 Å². The Balaban J connectivity index is 1.89. The molecule has 0 bridgehead atoms. The number of hydrogen-bond donors (Lipinski definition) is 1. The molecule has 0 aliphatic heterocycles. The van der Waals surface area contributed by atoms with Gasteiger partial charge in [0, 0.05) is 18.4 Å². The summed E-state index contributed by atoms with van der Waals surface area (Å²) in [5, 5.41) is 14.4. The van der Waals surface area contributed by atoms with Crippen molar-refractivity contribution in [2.75, 3.05) is 11.2 Å². The summed E-state index contributed by atoms with van der Waals surface area (Å²) in [4.78, 5) is 0. The van der Waals surface area contributed by atoms with Crippen LogP contribution in [0, 0.1) is 6.92 Å². The third-order valence-corrected chi connectivity index (χ3v) is 2.06. The van der Waals surface area contributed by atoms with Crippen molar-refractivity contribution >= 4 is 17.6 Å². The van der Waals surface area contributed by atoms with Gasteiger partial charge in [0.1, 0.15) is 11.5 Å². The van der Waals surface area contributed by atoms with E-state index in [4.69, 9.17) is 20.5 Å². The lowest BCUT2D eigenvalue weighted by molar-refractivity contribution is 0.391. The van der Waals surface area contributed by atoms with Crippen molar-refractivity contribution in [3.05, 3.63) is 23.4 Å². The van der Waals surface area contributed by atoms with E-state index in [0.717, 1.165) is 11.5 Å². The molecule has 0 fully saturated rings. The second-order valence-electron chi connectivity index (χ2n) is 3.22. The summed E-state index contributed by atoms with van der Waals surface area (Å²) >= 11 is 5.55. The first-order valence-corrected chi connectivity index (χ1v) is 5.36. The molecule has 16 heavy (non-hydrogen) atoms. The molecule has 0 saturated carbocycles. The number of anilines is 1. The molecule has 7 heteroatoms. The summed E-state index contributed by atoms with van der Waals surface area (Å²) in [6, 6.07) is 2.20. The smallest absolute Gasteiger partial charge is 0.315 e. The van der Waals surface area contributed by atoms with E-state index in [1.54, 1.807) is 0 Å². The van der Waals surface area contributed by atoms with Crippen LogP contribution in [-0.2, 0) is 13.0 Å². The molecule has 0 radical (unpaired) electrons. The minimum absolute atomic E-state index is 0.362. The zero-order valence-corrected chi connectivity index (χ0v) is 9.49. The maximum Gasteiger partial charge on any atom is 0.315 e. The molecular formula is C9H11ClN4O2. The van der Waals surface area contributed by atoms with Gasteiger partial charge in [0.15, 0.2) is 0 Å². The molecular weight excluding hydrogens is 232 g/mol. The number of alkyl halides is 1. The van der Waals surface area contributed by atoms with Gasteiger partial charge in [0.25, 0.3) is 0 Å². The molecule has 2 aromatic heterocycles. The van der Waals surface area contributed by atoms with Gasteiger partial charge in [-0.2, -0.15) is 0 Å². The van der Waals surface area contributed by atoms with Crippen LogP contribution in [0.2, 0.25) is 0 Å². The topological polar surface area (TPSA) is 77.0 Å². The van der Waals surface area contributed by atoms with Crippen molar-refractivity contribution in [1.82, 2.24) is 15.4 Å². The van der Waals surface area contributed by atoms with E-state index < -0.39 is 0 Å². The molecule has 2 rings (SSSR count). The molecule has 6 nitrogen and oxygen atoms in total. The highest BCUT2D eigenvalue weighted by Crippen LogP contribution is 2.09. The quantitative estimate of drug-likeness (QED) is 0.805. The standard InChI is InChI=1S/C9H11ClN4O2/c1-6-4-7(14-16-6)5-11-9-13-12-8(15-9)2-3-10/h4H,2-3,5H2,1H3,(H,11,13). The fourth-order valence-corrected chi connectivity index (χ4v) is 1.34. The number of hydrogen-bond acceptors (Lipinski definition) is 6. The van der Waals surface area contributed by atoms with E-state index in [9.17, 15) is 0 Å². The Morgan fingerprint density at radius 1 is 1.44 bits per heavy atom. The van der Waals surface area contributed by atoms with E-state index >= 15 is 0 Å². The second-order valence-corrected chi connectivity index (χ2v) is 3.60. The SMILES string of the molecule is Cc1cc(CNc2nnc(CCCl)o2)no1. The van der Waals surface area contributed by atoms with E-state index in [1.165, 1.54) is 0 Å². The molecule has 1 N–H and O–H groups in total. The van der Waals surface area contributed by atoms with Crippen molar-refractivity contribution in [3.8, 4) is 0 Å². The number of halogens is 1. The summed E-state index contributed by atoms with van der Waals surface area (Å²) in [5.41, 5.74) is 0.787. The van der Waals surface area contributed by atoms with Crippen LogP contribution in [0.15, 0.2) is 15.0 Å². The van der Waals surface area contributed by atoms with Crippen LogP contribution >= 0.6 is 11.6 Å². The minimum atomic E-state index is 0.362. The first-order chi connectivity index (χ1) is 7.78. The van der Waals surface area contributed by atoms with E-state index in [1.807, 2.05) is 13.0 Å². The zero-order valence-electron chi connectivity index (χ0n) is 8.73. The number of nitrogens with one attached hydrogen (secondary N) is 1. The largest absolute Gasteiger partial charge is 0.408 e. The molecule has 0 unspecified atom stereocenters. The van der Waals surface area contributed by atoms with Gasteiger partial charge in [-0.25, -0.2) is 0 Å². The van der Waals surface area contributed by atoms with Crippen molar-refractivity contribution in [2.45, 2.75) is 19.9 Å². The summed E-state index contributed by atoms with van der Waals surface area (Å²) in [6.45, 7) is 2.32. The number of aromatic nitrogens is 3. The van der Waals surface area contributed by atoms with Crippen molar-refractivity contribution in [2.24, 2.45) is 0 Å². The fraction of sp³-hybridized carbons (Fsp3) is 0.444. The van der Waals surface area contributed by atoms with Crippen LogP contribution in [0.4, 0.5) is 6.01 Å². The van der Waals surface area contributed by atoms with Crippen LogP contribution in [0.3, 0.4) is 0 Å². The van der Waals surface area contributed by atoms with E-state index in [-0.39, 0.29) is 0 Å². The molecule has 0 aliphatic rings. The number of rotatable bonds is 5.